The monoisotopic (exact) mass is 249 g/mol. The highest BCUT2D eigenvalue weighted by atomic mass is 16.4. The normalized spacial score (nSPS) is 13.3. The van der Waals surface area contributed by atoms with Gasteiger partial charge in [-0.3, -0.25) is 4.98 Å². The first-order valence-electron chi connectivity index (χ1n) is 6.09. The summed E-state index contributed by atoms with van der Waals surface area (Å²) in [4.78, 5) is 15.9. The molecule has 1 aromatic carbocycles. The number of nitrogens with two attached hydrogens (primary N) is 1. The Kier molecular flexibility index (Phi) is 3.84. The van der Waals surface area contributed by atoms with E-state index in [0.29, 0.717) is 18.0 Å². The second-order valence-corrected chi connectivity index (χ2v) is 4.88. The lowest BCUT2D eigenvalue weighted by molar-refractivity contribution is 0.282. The van der Waals surface area contributed by atoms with E-state index < -0.39 is 5.76 Å². The summed E-state index contributed by atoms with van der Waals surface area (Å²) in [5, 5.41) is 0. The predicted molar refractivity (Wildman–Crippen MR) is 71.4 cm³/mol. The van der Waals surface area contributed by atoms with E-state index in [1.165, 1.54) is 0 Å². The van der Waals surface area contributed by atoms with Gasteiger partial charge in [0.2, 0.25) is 0 Å². The summed E-state index contributed by atoms with van der Waals surface area (Å²) >= 11 is 0. The van der Waals surface area contributed by atoms with E-state index in [1.807, 2.05) is 18.2 Å². The van der Waals surface area contributed by atoms with Gasteiger partial charge in [-0.25, -0.2) is 4.79 Å². The Hall–Kier alpha value is -1.59. The Morgan fingerprint density at radius 2 is 2.28 bits per heavy atom. The van der Waals surface area contributed by atoms with Crippen LogP contribution in [0.15, 0.2) is 27.4 Å². The minimum Gasteiger partial charge on any atom is -0.408 e. The van der Waals surface area contributed by atoms with Crippen LogP contribution in [0.2, 0.25) is 0 Å². The largest absolute Gasteiger partial charge is 0.417 e. The van der Waals surface area contributed by atoms with Crippen LogP contribution < -0.4 is 11.5 Å². The Morgan fingerprint density at radius 3 is 3.00 bits per heavy atom. The second kappa shape index (κ2) is 5.37. The smallest absolute Gasteiger partial charge is 0.408 e. The highest BCUT2D eigenvalue weighted by Crippen LogP contribution is 2.13. The van der Waals surface area contributed by atoms with Crippen LogP contribution in [-0.2, 0) is 6.54 Å². The molecule has 98 valence electrons. The number of hydrogen-bond acceptors (Lipinski definition) is 4. The van der Waals surface area contributed by atoms with E-state index in [0.717, 1.165) is 24.2 Å². The van der Waals surface area contributed by atoms with E-state index in [1.54, 1.807) is 0 Å². The maximum atomic E-state index is 11.1. The van der Waals surface area contributed by atoms with Crippen LogP contribution in [0.25, 0.3) is 11.1 Å². The number of aromatic amines is 1. The molecule has 0 aliphatic rings. The van der Waals surface area contributed by atoms with Crippen LogP contribution in [0.5, 0.6) is 0 Å². The number of oxazole rings is 1. The number of fused-ring (bicyclic) bond motifs is 1. The van der Waals surface area contributed by atoms with Gasteiger partial charge in [-0.05, 0) is 37.2 Å². The number of benzene rings is 1. The van der Waals surface area contributed by atoms with Crippen molar-refractivity contribution in [2.24, 2.45) is 11.7 Å². The standard InChI is InChI=1S/C13H19N3O2/c1-9(6-14)7-16(2)8-10-3-4-12-11(5-10)15-13(17)18-12/h3-5,9H,6-8,14H2,1-2H3,(H,15,17). The first kappa shape index (κ1) is 12.9. The molecule has 1 atom stereocenters. The Balaban J connectivity index is 2.09. The SMILES string of the molecule is CC(CN)CN(C)Cc1ccc2oc(=O)[nH]c2c1. The molecule has 0 radical (unpaired) electrons. The zero-order valence-electron chi connectivity index (χ0n) is 10.8. The number of aromatic nitrogens is 1. The molecule has 0 spiro atoms. The zero-order chi connectivity index (χ0) is 13.1. The summed E-state index contributed by atoms with van der Waals surface area (Å²) in [5.41, 5.74) is 8.10. The van der Waals surface area contributed by atoms with Gasteiger partial charge < -0.3 is 15.1 Å². The zero-order valence-corrected chi connectivity index (χ0v) is 10.8. The summed E-state index contributed by atoms with van der Waals surface area (Å²) in [6, 6.07) is 5.75. The van der Waals surface area contributed by atoms with Crippen LogP contribution in [0.3, 0.4) is 0 Å². The minimum absolute atomic E-state index is 0.410. The van der Waals surface area contributed by atoms with Gasteiger partial charge in [-0.1, -0.05) is 13.0 Å². The highest BCUT2D eigenvalue weighted by molar-refractivity contribution is 5.72. The summed E-state index contributed by atoms with van der Waals surface area (Å²) in [7, 11) is 2.06. The molecule has 0 amide bonds. The van der Waals surface area contributed by atoms with Gasteiger partial charge in [0.05, 0.1) is 5.52 Å². The van der Waals surface area contributed by atoms with E-state index in [2.05, 4.69) is 23.9 Å². The summed E-state index contributed by atoms with van der Waals surface area (Å²) < 4.78 is 4.97. The number of H-pyrrole nitrogens is 1. The van der Waals surface area contributed by atoms with Crippen molar-refractivity contribution in [3.8, 4) is 0 Å². The van der Waals surface area contributed by atoms with Crippen molar-refractivity contribution in [2.75, 3.05) is 20.1 Å². The fourth-order valence-corrected chi connectivity index (χ4v) is 2.08. The number of nitrogens with zero attached hydrogens (tertiary/aromatic N) is 1. The molecule has 5 nitrogen and oxygen atoms in total. The predicted octanol–water partition coefficient (Wildman–Crippen LogP) is 1.15. The van der Waals surface area contributed by atoms with Crippen LogP contribution in [0.4, 0.5) is 0 Å². The molecule has 0 saturated carbocycles. The van der Waals surface area contributed by atoms with Crippen LogP contribution in [0.1, 0.15) is 12.5 Å². The first-order valence-corrected chi connectivity index (χ1v) is 6.09. The van der Waals surface area contributed by atoms with Crippen molar-refractivity contribution in [3.63, 3.8) is 0 Å². The average molecular weight is 249 g/mol. The first-order chi connectivity index (χ1) is 8.58. The summed E-state index contributed by atoms with van der Waals surface area (Å²) in [5.74, 6) is 0.0692. The van der Waals surface area contributed by atoms with E-state index >= 15 is 0 Å². The van der Waals surface area contributed by atoms with Gasteiger partial charge in [-0.15, -0.1) is 0 Å². The van der Waals surface area contributed by atoms with Crippen LogP contribution in [-0.4, -0.2) is 30.0 Å². The average Bonchev–Trinajstić information content (AvgIpc) is 2.68. The lowest BCUT2D eigenvalue weighted by Crippen LogP contribution is -2.28. The number of rotatable bonds is 5. The quantitative estimate of drug-likeness (QED) is 0.833. The molecule has 0 fully saturated rings. The second-order valence-electron chi connectivity index (χ2n) is 4.88. The molecular weight excluding hydrogens is 230 g/mol. The van der Waals surface area contributed by atoms with Crippen LogP contribution in [0, 0.1) is 5.92 Å². The van der Waals surface area contributed by atoms with Crippen molar-refractivity contribution >= 4 is 11.1 Å². The Morgan fingerprint density at radius 1 is 1.50 bits per heavy atom. The minimum atomic E-state index is -0.410. The van der Waals surface area contributed by atoms with Crippen LogP contribution >= 0.6 is 0 Å². The van der Waals surface area contributed by atoms with E-state index in [4.69, 9.17) is 10.2 Å². The van der Waals surface area contributed by atoms with Gasteiger partial charge in [-0.2, -0.15) is 0 Å². The maximum absolute atomic E-state index is 11.1. The third kappa shape index (κ3) is 3.00. The van der Waals surface area contributed by atoms with Gasteiger partial charge in [0.1, 0.15) is 0 Å². The molecule has 3 N–H and O–H groups in total. The van der Waals surface area contributed by atoms with Gasteiger partial charge >= 0.3 is 5.76 Å². The maximum Gasteiger partial charge on any atom is 0.417 e. The lowest BCUT2D eigenvalue weighted by atomic mass is 10.1. The lowest BCUT2D eigenvalue weighted by Gasteiger charge is -2.20. The molecule has 1 unspecified atom stereocenters. The number of hydrogen-bond donors (Lipinski definition) is 2. The molecule has 0 saturated heterocycles. The number of nitrogens with one attached hydrogen (secondary N) is 1. The Bertz CT molecular complexity index is 573. The molecule has 0 aliphatic carbocycles. The molecule has 2 rings (SSSR count). The fraction of sp³-hybridized carbons (Fsp3) is 0.462. The molecule has 5 heteroatoms. The molecule has 0 aliphatic heterocycles. The highest BCUT2D eigenvalue weighted by Gasteiger charge is 2.07. The van der Waals surface area contributed by atoms with Crippen molar-refractivity contribution in [3.05, 3.63) is 34.3 Å². The van der Waals surface area contributed by atoms with Crippen molar-refractivity contribution < 1.29 is 4.42 Å². The van der Waals surface area contributed by atoms with Gasteiger partial charge in [0.25, 0.3) is 0 Å². The van der Waals surface area contributed by atoms with E-state index in [9.17, 15) is 4.79 Å². The molecule has 1 aromatic heterocycles. The third-order valence-corrected chi connectivity index (χ3v) is 2.96. The molecule has 2 aromatic rings. The third-order valence-electron chi connectivity index (χ3n) is 2.96. The molecule has 18 heavy (non-hydrogen) atoms. The van der Waals surface area contributed by atoms with E-state index in [-0.39, 0.29) is 0 Å². The molecular formula is C13H19N3O2. The summed E-state index contributed by atoms with van der Waals surface area (Å²) in [6.45, 7) is 4.61. The molecule has 0 bridgehead atoms. The van der Waals surface area contributed by atoms with Crippen molar-refractivity contribution in [1.29, 1.82) is 0 Å². The van der Waals surface area contributed by atoms with Crippen molar-refractivity contribution in [2.45, 2.75) is 13.5 Å². The fourth-order valence-electron chi connectivity index (χ4n) is 2.08. The van der Waals surface area contributed by atoms with Gasteiger partial charge in [0, 0.05) is 13.1 Å². The topological polar surface area (TPSA) is 75.3 Å². The Labute approximate surface area is 106 Å². The van der Waals surface area contributed by atoms with Gasteiger partial charge in [0.15, 0.2) is 5.58 Å². The van der Waals surface area contributed by atoms with Crippen molar-refractivity contribution in [1.82, 2.24) is 9.88 Å². The summed E-state index contributed by atoms with van der Waals surface area (Å²) in [6.07, 6.45) is 0. The molecule has 1 heterocycles.